The summed E-state index contributed by atoms with van der Waals surface area (Å²) in [5.74, 6) is 2.28. The Hall–Kier alpha value is -2.47. The molecule has 3 rings (SSSR count). The van der Waals surface area contributed by atoms with Crippen LogP contribution in [0.5, 0.6) is 0 Å². The average molecular weight is 298 g/mol. The van der Waals surface area contributed by atoms with Crippen molar-refractivity contribution in [2.75, 3.05) is 0 Å². The van der Waals surface area contributed by atoms with Gasteiger partial charge in [0, 0.05) is 6.42 Å². The summed E-state index contributed by atoms with van der Waals surface area (Å²) in [4.78, 5) is 0. The van der Waals surface area contributed by atoms with E-state index in [0.717, 1.165) is 17.1 Å². The van der Waals surface area contributed by atoms with Gasteiger partial charge in [0.15, 0.2) is 5.82 Å². The number of H-pyrrole nitrogens is 1. The van der Waals surface area contributed by atoms with Crippen LogP contribution in [0.25, 0.3) is 0 Å². The number of aromatic nitrogens is 3. The van der Waals surface area contributed by atoms with Gasteiger partial charge < -0.3 is 4.42 Å². The predicted octanol–water partition coefficient (Wildman–Crippen LogP) is 3.32. The fourth-order valence-corrected chi connectivity index (χ4v) is 2.17. The summed E-state index contributed by atoms with van der Waals surface area (Å²) >= 11 is 5.21. The van der Waals surface area contributed by atoms with Crippen molar-refractivity contribution in [3.8, 4) is 0 Å². The number of hydrogen-bond acceptors (Lipinski definition) is 4. The minimum Gasteiger partial charge on any atom is -0.460 e. The van der Waals surface area contributed by atoms with E-state index in [1.54, 1.807) is 10.9 Å². The molecule has 21 heavy (non-hydrogen) atoms. The molecule has 0 aliphatic heterocycles. The van der Waals surface area contributed by atoms with Crippen molar-refractivity contribution < 1.29 is 4.42 Å². The lowest BCUT2D eigenvalue weighted by Gasteiger charge is -2.00. The first-order valence-corrected chi connectivity index (χ1v) is 6.94. The predicted molar refractivity (Wildman–Crippen MR) is 83.1 cm³/mol. The second kappa shape index (κ2) is 5.88. The van der Waals surface area contributed by atoms with Crippen LogP contribution in [-0.4, -0.2) is 21.1 Å². The summed E-state index contributed by atoms with van der Waals surface area (Å²) < 4.78 is 7.52. The van der Waals surface area contributed by atoms with Gasteiger partial charge in [-0.15, -0.1) is 0 Å². The number of aryl methyl sites for hydroxylation is 1. The van der Waals surface area contributed by atoms with Gasteiger partial charge in [0.25, 0.3) is 0 Å². The number of aromatic amines is 1. The molecule has 0 atom stereocenters. The standard InChI is InChI=1S/C15H14N4OS/c1-11-7-8-13(20-11)10-16-19-14(17-18-15(19)21)9-12-5-3-2-4-6-12/h2-8,10H,9H2,1H3,(H,18,21)/b16-10-. The Balaban J connectivity index is 1.87. The molecule has 0 radical (unpaired) electrons. The molecule has 106 valence electrons. The third kappa shape index (κ3) is 3.17. The van der Waals surface area contributed by atoms with Crippen molar-refractivity contribution in [2.24, 2.45) is 5.10 Å². The van der Waals surface area contributed by atoms with Gasteiger partial charge in [0.1, 0.15) is 11.5 Å². The highest BCUT2D eigenvalue weighted by Crippen LogP contribution is 2.08. The van der Waals surface area contributed by atoms with E-state index >= 15 is 0 Å². The Bertz CT molecular complexity index is 814. The first kappa shape index (κ1) is 13.5. The molecule has 2 heterocycles. The number of nitrogens with one attached hydrogen (secondary N) is 1. The van der Waals surface area contributed by atoms with E-state index in [1.807, 2.05) is 49.4 Å². The molecule has 0 aliphatic rings. The van der Waals surface area contributed by atoms with Crippen molar-refractivity contribution in [3.05, 3.63) is 70.1 Å². The van der Waals surface area contributed by atoms with Gasteiger partial charge in [-0.1, -0.05) is 30.3 Å². The maximum Gasteiger partial charge on any atom is 0.216 e. The average Bonchev–Trinajstić information content (AvgIpc) is 3.05. The molecule has 0 saturated carbocycles. The van der Waals surface area contributed by atoms with E-state index in [-0.39, 0.29) is 0 Å². The molecule has 2 aromatic heterocycles. The normalized spacial score (nSPS) is 11.3. The van der Waals surface area contributed by atoms with Crippen molar-refractivity contribution in [3.63, 3.8) is 0 Å². The Morgan fingerprint density at radius 2 is 2.10 bits per heavy atom. The summed E-state index contributed by atoms with van der Waals surface area (Å²) in [7, 11) is 0. The highest BCUT2D eigenvalue weighted by atomic mass is 32.1. The molecular weight excluding hydrogens is 284 g/mol. The Kier molecular flexibility index (Phi) is 3.79. The molecule has 3 aromatic rings. The maximum absolute atomic E-state index is 5.45. The molecule has 1 aromatic carbocycles. The highest BCUT2D eigenvalue weighted by molar-refractivity contribution is 7.71. The summed E-state index contributed by atoms with van der Waals surface area (Å²) in [6.07, 6.45) is 2.29. The minimum atomic E-state index is 0.459. The smallest absolute Gasteiger partial charge is 0.216 e. The lowest BCUT2D eigenvalue weighted by atomic mass is 10.1. The van der Waals surface area contributed by atoms with Gasteiger partial charge in [-0.2, -0.15) is 14.9 Å². The van der Waals surface area contributed by atoms with Gasteiger partial charge >= 0.3 is 0 Å². The van der Waals surface area contributed by atoms with E-state index in [4.69, 9.17) is 16.6 Å². The van der Waals surface area contributed by atoms with Gasteiger partial charge in [-0.25, -0.2) is 0 Å². The zero-order chi connectivity index (χ0) is 14.7. The quantitative estimate of drug-likeness (QED) is 0.594. The summed E-state index contributed by atoms with van der Waals surface area (Å²) in [6.45, 7) is 1.89. The van der Waals surface area contributed by atoms with Gasteiger partial charge in [0.05, 0.1) is 6.21 Å². The molecule has 0 saturated heterocycles. The summed E-state index contributed by atoms with van der Waals surface area (Å²) in [5, 5.41) is 11.3. The molecule has 5 nitrogen and oxygen atoms in total. The van der Waals surface area contributed by atoms with Crippen LogP contribution < -0.4 is 0 Å². The van der Waals surface area contributed by atoms with Crippen molar-refractivity contribution in [2.45, 2.75) is 13.3 Å². The molecule has 0 spiro atoms. The summed E-state index contributed by atoms with van der Waals surface area (Å²) in [5.41, 5.74) is 1.15. The van der Waals surface area contributed by atoms with Crippen LogP contribution >= 0.6 is 12.2 Å². The third-order valence-corrected chi connectivity index (χ3v) is 3.25. The van der Waals surface area contributed by atoms with Crippen LogP contribution in [0, 0.1) is 11.7 Å². The molecule has 0 aliphatic carbocycles. The molecular formula is C15H14N4OS. The number of furan rings is 1. The van der Waals surface area contributed by atoms with E-state index in [9.17, 15) is 0 Å². The highest BCUT2D eigenvalue weighted by Gasteiger charge is 2.06. The Morgan fingerprint density at radius 3 is 2.81 bits per heavy atom. The van der Waals surface area contributed by atoms with Gasteiger partial charge in [-0.05, 0) is 36.8 Å². The number of benzene rings is 1. The van der Waals surface area contributed by atoms with Crippen LogP contribution in [0.1, 0.15) is 22.9 Å². The van der Waals surface area contributed by atoms with E-state index in [0.29, 0.717) is 17.0 Å². The second-order valence-electron chi connectivity index (χ2n) is 4.61. The van der Waals surface area contributed by atoms with Crippen molar-refractivity contribution in [1.29, 1.82) is 0 Å². The van der Waals surface area contributed by atoms with Crippen LogP contribution in [0.15, 0.2) is 52.0 Å². The lowest BCUT2D eigenvalue weighted by Crippen LogP contribution is -2.00. The Labute approximate surface area is 126 Å². The molecule has 0 unspecified atom stereocenters. The molecule has 0 amide bonds. The second-order valence-corrected chi connectivity index (χ2v) is 5.00. The third-order valence-electron chi connectivity index (χ3n) is 2.98. The molecule has 0 bridgehead atoms. The van der Waals surface area contributed by atoms with Crippen LogP contribution in [0.2, 0.25) is 0 Å². The Morgan fingerprint density at radius 1 is 1.29 bits per heavy atom. The number of hydrogen-bond donors (Lipinski definition) is 1. The molecule has 0 fully saturated rings. The van der Waals surface area contributed by atoms with Crippen molar-refractivity contribution >= 4 is 18.4 Å². The van der Waals surface area contributed by atoms with E-state index in [2.05, 4.69) is 15.3 Å². The van der Waals surface area contributed by atoms with Gasteiger partial charge in [0.2, 0.25) is 4.77 Å². The zero-order valence-corrected chi connectivity index (χ0v) is 12.3. The zero-order valence-electron chi connectivity index (χ0n) is 11.5. The van der Waals surface area contributed by atoms with E-state index < -0.39 is 0 Å². The molecule has 6 heteroatoms. The maximum atomic E-state index is 5.45. The molecule has 1 N–H and O–H groups in total. The summed E-state index contributed by atoms with van der Waals surface area (Å²) in [6, 6.07) is 13.8. The van der Waals surface area contributed by atoms with E-state index in [1.165, 1.54) is 0 Å². The fourth-order valence-electron chi connectivity index (χ4n) is 1.97. The largest absolute Gasteiger partial charge is 0.460 e. The van der Waals surface area contributed by atoms with Crippen LogP contribution in [0.4, 0.5) is 0 Å². The first-order chi connectivity index (χ1) is 10.2. The number of nitrogens with zero attached hydrogens (tertiary/aromatic N) is 3. The lowest BCUT2D eigenvalue weighted by molar-refractivity contribution is 0.527. The SMILES string of the molecule is Cc1ccc(/C=N\n2c(Cc3ccccc3)n[nH]c2=S)o1. The topological polar surface area (TPSA) is 59.1 Å². The van der Waals surface area contributed by atoms with Gasteiger partial charge in [-0.3, -0.25) is 5.10 Å². The fraction of sp³-hybridized carbons (Fsp3) is 0.133. The first-order valence-electron chi connectivity index (χ1n) is 6.53. The van der Waals surface area contributed by atoms with Crippen molar-refractivity contribution in [1.82, 2.24) is 14.9 Å². The van der Waals surface area contributed by atoms with Crippen LogP contribution in [0.3, 0.4) is 0 Å². The number of rotatable bonds is 4. The monoisotopic (exact) mass is 298 g/mol. The minimum absolute atomic E-state index is 0.459. The van der Waals surface area contributed by atoms with Crippen LogP contribution in [-0.2, 0) is 6.42 Å².